The Morgan fingerprint density at radius 3 is 2.86 bits per heavy atom. The summed E-state index contributed by atoms with van der Waals surface area (Å²) < 4.78 is 0. The number of hydrogen-bond donors (Lipinski definition) is 1. The lowest BCUT2D eigenvalue weighted by Gasteiger charge is -2.10. The molecule has 21 heavy (non-hydrogen) atoms. The van der Waals surface area contributed by atoms with E-state index >= 15 is 0 Å². The number of hydrogen-bond acceptors (Lipinski definition) is 3. The van der Waals surface area contributed by atoms with Crippen LogP contribution in [0.25, 0.3) is 0 Å². The van der Waals surface area contributed by atoms with Crippen molar-refractivity contribution in [3.05, 3.63) is 29.3 Å². The maximum absolute atomic E-state index is 12.1. The standard InChI is InChI=1S/C16H18N2O3/c19-10-18-8-6-12-9-13(3-4-14(12)18)15(20)5-7-17-16(21)11-1-2-11/h3-4,9-11H,1-2,5-8H2,(H,17,21). The third kappa shape index (κ3) is 2.96. The molecule has 0 bridgehead atoms. The molecule has 5 heteroatoms. The number of carbonyl (C=O) groups is 3. The summed E-state index contributed by atoms with van der Waals surface area (Å²) in [5, 5.41) is 2.80. The number of ketones is 1. The van der Waals surface area contributed by atoms with E-state index in [2.05, 4.69) is 5.32 Å². The summed E-state index contributed by atoms with van der Waals surface area (Å²) in [6, 6.07) is 5.45. The van der Waals surface area contributed by atoms with Gasteiger partial charge in [0.05, 0.1) is 0 Å². The normalized spacial score (nSPS) is 16.5. The lowest BCUT2D eigenvalue weighted by molar-refractivity contribution is -0.122. The zero-order valence-corrected chi connectivity index (χ0v) is 11.8. The topological polar surface area (TPSA) is 66.5 Å². The predicted molar refractivity (Wildman–Crippen MR) is 78.2 cm³/mol. The van der Waals surface area contributed by atoms with Gasteiger partial charge in [-0.3, -0.25) is 14.4 Å². The van der Waals surface area contributed by atoms with Gasteiger partial charge in [0.2, 0.25) is 12.3 Å². The van der Waals surface area contributed by atoms with Gasteiger partial charge in [-0.2, -0.15) is 0 Å². The average molecular weight is 286 g/mol. The van der Waals surface area contributed by atoms with Crippen molar-refractivity contribution in [3.8, 4) is 0 Å². The van der Waals surface area contributed by atoms with E-state index in [1.807, 2.05) is 12.1 Å². The number of benzene rings is 1. The highest BCUT2D eigenvalue weighted by molar-refractivity contribution is 5.97. The summed E-state index contributed by atoms with van der Waals surface area (Å²) in [7, 11) is 0. The van der Waals surface area contributed by atoms with Gasteiger partial charge in [-0.05, 0) is 43.0 Å². The van der Waals surface area contributed by atoms with Crippen LogP contribution in [0.3, 0.4) is 0 Å². The summed E-state index contributed by atoms with van der Waals surface area (Å²) in [6.45, 7) is 1.07. The van der Waals surface area contributed by atoms with Gasteiger partial charge in [0.25, 0.3) is 0 Å². The number of nitrogens with one attached hydrogen (secondary N) is 1. The Bertz CT molecular complexity index is 593. The largest absolute Gasteiger partial charge is 0.355 e. The SMILES string of the molecule is O=CN1CCc2cc(C(=O)CCNC(=O)C3CC3)ccc21. The molecule has 5 nitrogen and oxygen atoms in total. The van der Waals surface area contributed by atoms with Crippen molar-refractivity contribution >= 4 is 23.8 Å². The minimum Gasteiger partial charge on any atom is -0.355 e. The molecule has 1 aliphatic carbocycles. The maximum Gasteiger partial charge on any atom is 0.223 e. The van der Waals surface area contributed by atoms with E-state index in [9.17, 15) is 14.4 Å². The summed E-state index contributed by atoms with van der Waals surface area (Å²) >= 11 is 0. The van der Waals surface area contributed by atoms with Crippen molar-refractivity contribution in [2.24, 2.45) is 5.92 Å². The predicted octanol–water partition coefficient (Wildman–Crippen LogP) is 1.30. The van der Waals surface area contributed by atoms with Gasteiger partial charge in [-0.1, -0.05) is 0 Å². The Hall–Kier alpha value is -2.17. The molecule has 1 heterocycles. The number of amides is 2. The minimum atomic E-state index is 0.0263. The summed E-state index contributed by atoms with van der Waals surface area (Å²) in [4.78, 5) is 36.1. The number of rotatable bonds is 6. The number of fused-ring (bicyclic) bond motifs is 1. The van der Waals surface area contributed by atoms with Crippen LogP contribution >= 0.6 is 0 Å². The van der Waals surface area contributed by atoms with Gasteiger partial charge < -0.3 is 10.2 Å². The first-order chi connectivity index (χ1) is 10.2. The van der Waals surface area contributed by atoms with Gasteiger partial charge in [-0.15, -0.1) is 0 Å². The molecular weight excluding hydrogens is 268 g/mol. The monoisotopic (exact) mass is 286 g/mol. The van der Waals surface area contributed by atoms with Crippen molar-refractivity contribution < 1.29 is 14.4 Å². The van der Waals surface area contributed by atoms with Gasteiger partial charge >= 0.3 is 0 Å². The molecule has 0 spiro atoms. The van der Waals surface area contributed by atoms with Gasteiger partial charge in [0.1, 0.15) is 0 Å². The fourth-order valence-corrected chi connectivity index (χ4v) is 2.64. The molecule has 2 aliphatic rings. The average Bonchev–Trinajstić information content (AvgIpc) is 3.26. The van der Waals surface area contributed by atoms with Crippen LogP contribution < -0.4 is 10.2 Å². The Morgan fingerprint density at radius 2 is 2.14 bits per heavy atom. The Balaban J connectivity index is 1.57. The Morgan fingerprint density at radius 1 is 1.33 bits per heavy atom. The molecule has 0 atom stereocenters. The number of nitrogens with zero attached hydrogens (tertiary/aromatic N) is 1. The molecule has 1 N–H and O–H groups in total. The van der Waals surface area contributed by atoms with Crippen LogP contribution in [0.4, 0.5) is 5.69 Å². The Kier molecular flexibility index (Phi) is 3.73. The molecule has 0 radical (unpaired) electrons. The van der Waals surface area contributed by atoms with E-state index in [4.69, 9.17) is 0 Å². The lowest BCUT2D eigenvalue weighted by atomic mass is 10.0. The summed E-state index contributed by atoms with van der Waals surface area (Å²) in [6.07, 6.45) is 3.86. The molecule has 1 fully saturated rings. The highest BCUT2D eigenvalue weighted by Crippen LogP contribution is 2.29. The maximum atomic E-state index is 12.1. The van der Waals surface area contributed by atoms with Crippen LogP contribution in [0.15, 0.2) is 18.2 Å². The fraction of sp³-hybridized carbons (Fsp3) is 0.438. The van der Waals surface area contributed by atoms with Crippen LogP contribution in [0.5, 0.6) is 0 Å². The molecule has 0 saturated heterocycles. The van der Waals surface area contributed by atoms with E-state index in [1.165, 1.54) is 0 Å². The molecule has 1 aromatic rings. The number of carbonyl (C=O) groups excluding carboxylic acids is 3. The van der Waals surface area contributed by atoms with Crippen molar-refractivity contribution in [1.29, 1.82) is 0 Å². The molecule has 1 aliphatic heterocycles. The van der Waals surface area contributed by atoms with E-state index in [1.54, 1.807) is 11.0 Å². The van der Waals surface area contributed by atoms with E-state index in [-0.39, 0.29) is 17.6 Å². The van der Waals surface area contributed by atoms with Crippen molar-refractivity contribution in [1.82, 2.24) is 5.32 Å². The second-order valence-corrected chi connectivity index (χ2v) is 5.63. The van der Waals surface area contributed by atoms with E-state index in [0.717, 1.165) is 36.9 Å². The van der Waals surface area contributed by atoms with Crippen LogP contribution in [0.1, 0.15) is 35.2 Å². The zero-order valence-electron chi connectivity index (χ0n) is 11.8. The van der Waals surface area contributed by atoms with Crippen LogP contribution in [0, 0.1) is 5.92 Å². The minimum absolute atomic E-state index is 0.0263. The van der Waals surface area contributed by atoms with E-state index < -0.39 is 0 Å². The third-order valence-electron chi connectivity index (χ3n) is 4.06. The summed E-state index contributed by atoms with van der Waals surface area (Å²) in [5.41, 5.74) is 2.58. The van der Waals surface area contributed by atoms with E-state index in [0.29, 0.717) is 25.1 Å². The molecule has 1 saturated carbocycles. The van der Waals surface area contributed by atoms with Gasteiger partial charge in [0.15, 0.2) is 5.78 Å². The van der Waals surface area contributed by atoms with Crippen molar-refractivity contribution in [2.45, 2.75) is 25.7 Å². The van der Waals surface area contributed by atoms with Crippen LogP contribution in [-0.2, 0) is 16.0 Å². The molecule has 0 unspecified atom stereocenters. The lowest BCUT2D eigenvalue weighted by Crippen LogP contribution is -2.27. The first-order valence-corrected chi connectivity index (χ1v) is 7.35. The highest BCUT2D eigenvalue weighted by atomic mass is 16.2. The summed E-state index contributed by atoms with van der Waals surface area (Å²) in [5.74, 6) is 0.270. The van der Waals surface area contributed by atoms with Gasteiger partial charge in [0, 0.05) is 36.7 Å². The van der Waals surface area contributed by atoms with Crippen LogP contribution in [-0.4, -0.2) is 31.2 Å². The smallest absolute Gasteiger partial charge is 0.223 e. The third-order valence-corrected chi connectivity index (χ3v) is 4.06. The second kappa shape index (κ2) is 5.68. The molecule has 1 aromatic carbocycles. The number of anilines is 1. The molecule has 110 valence electrons. The van der Waals surface area contributed by atoms with Crippen molar-refractivity contribution in [2.75, 3.05) is 18.0 Å². The first-order valence-electron chi connectivity index (χ1n) is 7.35. The second-order valence-electron chi connectivity index (χ2n) is 5.63. The fourth-order valence-electron chi connectivity index (χ4n) is 2.64. The molecule has 0 aromatic heterocycles. The quantitative estimate of drug-likeness (QED) is 0.633. The first kappa shape index (κ1) is 13.8. The zero-order chi connectivity index (χ0) is 14.8. The highest BCUT2D eigenvalue weighted by Gasteiger charge is 2.29. The van der Waals surface area contributed by atoms with Gasteiger partial charge in [-0.25, -0.2) is 0 Å². The Labute approximate surface area is 123 Å². The van der Waals surface area contributed by atoms with Crippen molar-refractivity contribution in [3.63, 3.8) is 0 Å². The molecule has 2 amide bonds. The molecular formula is C16H18N2O3. The molecule has 3 rings (SSSR count). The van der Waals surface area contributed by atoms with Crippen LogP contribution in [0.2, 0.25) is 0 Å². The number of Topliss-reactive ketones (excluding diaryl/α,β-unsaturated/α-hetero) is 1.